The quantitative estimate of drug-likeness (QED) is 0.409. The molecule has 5 rings (SSSR count). The molecule has 2 aromatic carbocycles. The number of anilines is 5. The minimum absolute atomic E-state index is 0.370. The van der Waals surface area contributed by atoms with E-state index in [1.54, 1.807) is 20.4 Å². The van der Waals surface area contributed by atoms with Crippen molar-refractivity contribution in [2.45, 2.75) is 25.7 Å². The monoisotopic (exact) mass is 535 g/mol. The number of nitrogens with one attached hydrogen (secondary N) is 2. The Balaban J connectivity index is 1.28. The van der Waals surface area contributed by atoms with Crippen molar-refractivity contribution in [2.24, 2.45) is 5.41 Å². The summed E-state index contributed by atoms with van der Waals surface area (Å²) in [6.45, 7) is 8.08. The SMILES string of the molecule is COc1cc(N2CCC3(CCN(C)CC3)CC2)ccc1Nc1ncnc(Nc2ccccc2P(C)(C)=O)n1. The lowest BCUT2D eigenvalue weighted by Crippen LogP contribution is -2.46. The number of hydrogen-bond acceptors (Lipinski definition) is 9. The van der Waals surface area contributed by atoms with Gasteiger partial charge in [0.1, 0.15) is 19.2 Å². The molecule has 38 heavy (non-hydrogen) atoms. The number of para-hydroxylation sites is 1. The van der Waals surface area contributed by atoms with Gasteiger partial charge in [-0.3, -0.25) is 0 Å². The van der Waals surface area contributed by atoms with Gasteiger partial charge in [0, 0.05) is 30.1 Å². The molecule has 10 heteroatoms. The predicted molar refractivity (Wildman–Crippen MR) is 156 cm³/mol. The molecule has 202 valence electrons. The van der Waals surface area contributed by atoms with Crippen molar-refractivity contribution in [1.82, 2.24) is 19.9 Å². The Morgan fingerprint density at radius 2 is 1.53 bits per heavy atom. The van der Waals surface area contributed by atoms with Crippen molar-refractivity contribution in [3.63, 3.8) is 0 Å². The third-order valence-electron chi connectivity index (χ3n) is 7.97. The second kappa shape index (κ2) is 10.9. The zero-order chi connectivity index (χ0) is 26.8. The molecule has 0 radical (unpaired) electrons. The normalized spacial score (nSPS) is 17.8. The summed E-state index contributed by atoms with van der Waals surface area (Å²) in [5, 5.41) is 7.22. The molecule has 0 saturated carbocycles. The van der Waals surface area contributed by atoms with Crippen LogP contribution in [0.5, 0.6) is 5.75 Å². The zero-order valence-corrected chi connectivity index (χ0v) is 23.7. The summed E-state index contributed by atoms with van der Waals surface area (Å²) in [6.07, 6.45) is 6.57. The molecular formula is C28H38N7O2P. The molecule has 0 bridgehead atoms. The number of likely N-dealkylation sites (tertiary alicyclic amines) is 1. The van der Waals surface area contributed by atoms with Crippen molar-refractivity contribution < 1.29 is 9.30 Å². The van der Waals surface area contributed by atoms with Crippen LogP contribution < -0.4 is 25.6 Å². The fraction of sp³-hybridized carbons (Fsp3) is 0.464. The average Bonchev–Trinajstić information content (AvgIpc) is 2.91. The molecule has 2 aliphatic heterocycles. The van der Waals surface area contributed by atoms with E-state index in [0.29, 0.717) is 17.3 Å². The van der Waals surface area contributed by atoms with Crippen LogP contribution in [0.4, 0.5) is 29.0 Å². The van der Waals surface area contributed by atoms with Gasteiger partial charge in [-0.2, -0.15) is 4.98 Å². The summed E-state index contributed by atoms with van der Waals surface area (Å²) in [7, 11) is 1.44. The Morgan fingerprint density at radius 1 is 0.895 bits per heavy atom. The number of ether oxygens (including phenoxy) is 1. The maximum atomic E-state index is 12.7. The molecule has 2 aliphatic rings. The highest BCUT2D eigenvalue weighted by Crippen LogP contribution is 2.43. The maximum Gasteiger partial charge on any atom is 0.232 e. The standard InChI is InChI=1S/C28H38N7O2P/c1-34-15-11-28(12-16-34)13-17-35(18-14-28)21-9-10-22(24(19-21)37-2)31-26-29-20-30-27(33-26)32-23-7-5-6-8-25(23)38(3,4)36/h5-10,19-20H,11-18H2,1-4H3,(H2,29,30,31,32,33). The first-order valence-electron chi connectivity index (χ1n) is 13.2. The van der Waals surface area contributed by atoms with Crippen LogP contribution in [0.15, 0.2) is 48.8 Å². The van der Waals surface area contributed by atoms with E-state index in [0.717, 1.165) is 35.5 Å². The Morgan fingerprint density at radius 3 is 2.18 bits per heavy atom. The van der Waals surface area contributed by atoms with Gasteiger partial charge in [-0.25, -0.2) is 9.97 Å². The Labute approximate surface area is 225 Å². The average molecular weight is 536 g/mol. The molecule has 9 nitrogen and oxygen atoms in total. The summed E-state index contributed by atoms with van der Waals surface area (Å²) < 4.78 is 18.5. The Hall–Kier alpha value is -3.16. The highest BCUT2D eigenvalue weighted by molar-refractivity contribution is 7.70. The van der Waals surface area contributed by atoms with E-state index in [1.165, 1.54) is 50.8 Å². The molecule has 2 N–H and O–H groups in total. The number of hydrogen-bond donors (Lipinski definition) is 2. The summed E-state index contributed by atoms with van der Waals surface area (Å²) in [5.41, 5.74) is 3.20. The van der Waals surface area contributed by atoms with Gasteiger partial charge in [0.25, 0.3) is 0 Å². The molecule has 3 heterocycles. The number of methoxy groups -OCH3 is 1. The van der Waals surface area contributed by atoms with E-state index in [-0.39, 0.29) is 0 Å². The Bertz CT molecular complexity index is 1310. The first-order chi connectivity index (χ1) is 18.2. The van der Waals surface area contributed by atoms with Crippen molar-refractivity contribution >= 4 is 41.4 Å². The van der Waals surface area contributed by atoms with Crippen LogP contribution in [0.1, 0.15) is 25.7 Å². The lowest BCUT2D eigenvalue weighted by Gasteiger charge is -2.47. The van der Waals surface area contributed by atoms with Gasteiger partial charge < -0.3 is 29.7 Å². The fourth-order valence-electron chi connectivity index (χ4n) is 5.52. The van der Waals surface area contributed by atoms with Gasteiger partial charge in [0.05, 0.1) is 18.5 Å². The summed E-state index contributed by atoms with van der Waals surface area (Å²) in [5.74, 6) is 1.50. The second-order valence-electron chi connectivity index (χ2n) is 10.9. The van der Waals surface area contributed by atoms with Crippen LogP contribution in [0.2, 0.25) is 0 Å². The van der Waals surface area contributed by atoms with Crippen molar-refractivity contribution in [3.8, 4) is 5.75 Å². The third kappa shape index (κ3) is 5.94. The van der Waals surface area contributed by atoms with Gasteiger partial charge in [0.15, 0.2) is 0 Å². The van der Waals surface area contributed by atoms with Gasteiger partial charge in [-0.1, -0.05) is 12.1 Å². The minimum atomic E-state index is -2.47. The molecular weight excluding hydrogens is 497 g/mol. The molecule has 2 fully saturated rings. The van der Waals surface area contributed by atoms with Crippen molar-refractivity contribution in [1.29, 1.82) is 0 Å². The van der Waals surface area contributed by atoms with E-state index >= 15 is 0 Å². The number of aromatic nitrogens is 3. The number of piperidine rings is 2. The molecule has 0 aliphatic carbocycles. The topological polar surface area (TPSA) is 95.5 Å². The third-order valence-corrected chi connectivity index (χ3v) is 9.52. The first kappa shape index (κ1) is 26.4. The Kier molecular flexibility index (Phi) is 7.59. The maximum absolute atomic E-state index is 12.7. The molecule has 0 unspecified atom stereocenters. The van der Waals surface area contributed by atoms with E-state index in [9.17, 15) is 4.57 Å². The summed E-state index contributed by atoms with van der Waals surface area (Å²) in [6, 6.07) is 13.8. The van der Waals surface area contributed by atoms with Crippen molar-refractivity contribution in [3.05, 3.63) is 48.8 Å². The summed E-state index contributed by atoms with van der Waals surface area (Å²) in [4.78, 5) is 18.0. The molecule has 0 atom stereocenters. The summed E-state index contributed by atoms with van der Waals surface area (Å²) >= 11 is 0. The van der Waals surface area contributed by atoms with Crippen LogP contribution in [0, 0.1) is 5.41 Å². The predicted octanol–water partition coefficient (Wildman–Crippen LogP) is 4.93. The van der Waals surface area contributed by atoms with Gasteiger partial charge >= 0.3 is 0 Å². The van der Waals surface area contributed by atoms with Crippen LogP contribution >= 0.6 is 7.14 Å². The highest BCUT2D eigenvalue weighted by Gasteiger charge is 2.36. The van der Waals surface area contributed by atoms with Crippen LogP contribution in [-0.2, 0) is 4.57 Å². The van der Waals surface area contributed by atoms with Gasteiger partial charge in [-0.05, 0) is 88.8 Å². The lowest BCUT2D eigenvalue weighted by molar-refractivity contribution is 0.0945. The van der Waals surface area contributed by atoms with Crippen LogP contribution in [0.25, 0.3) is 0 Å². The second-order valence-corrected chi connectivity index (χ2v) is 14.1. The minimum Gasteiger partial charge on any atom is -0.494 e. The number of benzene rings is 2. The van der Waals surface area contributed by atoms with Gasteiger partial charge in [0.2, 0.25) is 11.9 Å². The highest BCUT2D eigenvalue weighted by atomic mass is 31.2. The van der Waals surface area contributed by atoms with Gasteiger partial charge in [-0.15, -0.1) is 0 Å². The van der Waals surface area contributed by atoms with E-state index in [4.69, 9.17) is 4.74 Å². The van der Waals surface area contributed by atoms with E-state index in [1.807, 2.05) is 30.3 Å². The number of nitrogens with zero attached hydrogens (tertiary/aromatic N) is 5. The lowest BCUT2D eigenvalue weighted by atomic mass is 9.71. The largest absolute Gasteiger partial charge is 0.494 e. The van der Waals surface area contributed by atoms with E-state index < -0.39 is 7.14 Å². The zero-order valence-electron chi connectivity index (χ0n) is 22.8. The van der Waals surface area contributed by atoms with Crippen LogP contribution in [-0.4, -0.2) is 73.5 Å². The molecule has 3 aromatic rings. The molecule has 2 saturated heterocycles. The van der Waals surface area contributed by atoms with E-state index in [2.05, 4.69) is 54.6 Å². The molecule has 1 aromatic heterocycles. The van der Waals surface area contributed by atoms with Crippen LogP contribution in [0.3, 0.4) is 0 Å². The number of rotatable bonds is 7. The van der Waals surface area contributed by atoms with Crippen molar-refractivity contribution in [2.75, 3.05) is 69.2 Å². The smallest absolute Gasteiger partial charge is 0.232 e. The fourth-order valence-corrected chi connectivity index (χ4v) is 6.67. The first-order valence-corrected chi connectivity index (χ1v) is 15.8. The molecule has 0 amide bonds. The molecule has 1 spiro atoms.